The Morgan fingerprint density at radius 2 is 2.00 bits per heavy atom. The van der Waals surface area contributed by atoms with Crippen molar-refractivity contribution in [3.05, 3.63) is 59.6 Å². The predicted molar refractivity (Wildman–Crippen MR) is 85.6 cm³/mol. The summed E-state index contributed by atoms with van der Waals surface area (Å²) >= 11 is 0. The van der Waals surface area contributed by atoms with Crippen LogP contribution in [0.5, 0.6) is 5.75 Å². The van der Waals surface area contributed by atoms with Crippen LogP contribution in [-0.4, -0.2) is 18.9 Å². The highest BCUT2D eigenvalue weighted by Gasteiger charge is 2.21. The number of fused-ring (bicyclic) bond motifs is 1. The van der Waals surface area contributed by atoms with Gasteiger partial charge < -0.3 is 20.2 Å². The maximum Gasteiger partial charge on any atom is 0.286 e. The van der Waals surface area contributed by atoms with E-state index < -0.39 is 17.6 Å². The van der Waals surface area contributed by atoms with Gasteiger partial charge in [-0.25, -0.2) is 4.39 Å². The number of hydrogen-bond acceptors (Lipinski definition) is 4. The molecule has 0 fully saturated rings. The first-order valence-corrected chi connectivity index (χ1v) is 6.97. The first-order valence-electron chi connectivity index (χ1n) is 6.97. The van der Waals surface area contributed by atoms with E-state index in [0.29, 0.717) is 16.7 Å². The molecule has 0 aliphatic rings. The van der Waals surface area contributed by atoms with Gasteiger partial charge in [0.1, 0.15) is 22.8 Å². The zero-order chi connectivity index (χ0) is 17.3. The summed E-state index contributed by atoms with van der Waals surface area (Å²) in [5.41, 5.74) is 5.88. The molecular weight excluding hydrogens is 315 g/mol. The minimum absolute atomic E-state index is 0.105. The maximum absolute atomic E-state index is 13.3. The number of benzene rings is 2. The van der Waals surface area contributed by atoms with Gasteiger partial charge in [-0.1, -0.05) is 6.07 Å². The topological polar surface area (TPSA) is 94.6 Å². The van der Waals surface area contributed by atoms with Crippen LogP contribution in [0.25, 0.3) is 11.0 Å². The molecule has 0 saturated carbocycles. The summed E-state index contributed by atoms with van der Waals surface area (Å²) < 4.78 is 23.8. The summed E-state index contributed by atoms with van der Waals surface area (Å²) in [5.74, 6) is -1.63. The molecule has 2 amide bonds. The lowest BCUT2D eigenvalue weighted by atomic mass is 10.1. The highest BCUT2D eigenvalue weighted by molar-refractivity contribution is 6.14. The average molecular weight is 328 g/mol. The molecule has 2 aromatic carbocycles. The molecular formula is C17H13FN2O4. The van der Waals surface area contributed by atoms with Crippen LogP contribution in [0.1, 0.15) is 20.9 Å². The summed E-state index contributed by atoms with van der Waals surface area (Å²) in [6, 6.07) is 10.0. The van der Waals surface area contributed by atoms with E-state index in [1.165, 1.54) is 25.3 Å². The third kappa shape index (κ3) is 2.79. The van der Waals surface area contributed by atoms with E-state index in [-0.39, 0.29) is 17.0 Å². The van der Waals surface area contributed by atoms with E-state index in [4.69, 9.17) is 14.9 Å². The number of carbonyl (C=O) groups is 2. The van der Waals surface area contributed by atoms with Crippen LogP contribution in [0, 0.1) is 5.82 Å². The molecule has 0 bridgehead atoms. The van der Waals surface area contributed by atoms with Gasteiger partial charge in [0.2, 0.25) is 5.76 Å². The highest BCUT2D eigenvalue weighted by Crippen LogP contribution is 2.33. The first-order chi connectivity index (χ1) is 11.5. The Morgan fingerprint density at radius 3 is 2.67 bits per heavy atom. The molecule has 6 nitrogen and oxygen atoms in total. The van der Waals surface area contributed by atoms with Crippen molar-refractivity contribution in [2.24, 2.45) is 5.73 Å². The lowest BCUT2D eigenvalue weighted by molar-refractivity contribution is 0.0977. The first kappa shape index (κ1) is 15.5. The molecule has 0 atom stereocenters. The van der Waals surface area contributed by atoms with Crippen LogP contribution in [0.15, 0.2) is 46.9 Å². The molecule has 0 radical (unpaired) electrons. The number of halogens is 1. The number of amides is 2. The lowest BCUT2D eigenvalue weighted by Crippen LogP contribution is -2.17. The van der Waals surface area contributed by atoms with Crippen molar-refractivity contribution in [3.63, 3.8) is 0 Å². The quantitative estimate of drug-likeness (QED) is 0.770. The van der Waals surface area contributed by atoms with Crippen LogP contribution in [0.3, 0.4) is 0 Å². The third-order valence-electron chi connectivity index (χ3n) is 3.45. The Morgan fingerprint density at radius 1 is 1.21 bits per heavy atom. The zero-order valence-corrected chi connectivity index (χ0v) is 12.6. The van der Waals surface area contributed by atoms with E-state index in [2.05, 4.69) is 5.32 Å². The van der Waals surface area contributed by atoms with Crippen molar-refractivity contribution in [1.29, 1.82) is 0 Å². The Hall–Kier alpha value is -3.35. The molecule has 0 spiro atoms. The molecule has 122 valence electrons. The second-order valence-electron chi connectivity index (χ2n) is 5.00. The standard InChI is InChI=1S/C17H13FN2O4/c1-23-11-5-6-12-13(8-11)24-15(16(19)21)14(12)20-17(22)9-3-2-4-10(18)7-9/h2-8H,1H3,(H2,19,21)(H,20,22). The van der Waals surface area contributed by atoms with Gasteiger partial charge in [-0.2, -0.15) is 0 Å². The Kier molecular flexibility index (Phi) is 3.91. The lowest BCUT2D eigenvalue weighted by Gasteiger charge is -2.05. The molecule has 3 rings (SSSR count). The van der Waals surface area contributed by atoms with Crippen molar-refractivity contribution >= 4 is 28.5 Å². The fourth-order valence-corrected chi connectivity index (χ4v) is 2.32. The zero-order valence-electron chi connectivity index (χ0n) is 12.6. The molecule has 0 aliphatic heterocycles. The number of hydrogen-bond donors (Lipinski definition) is 2. The van der Waals surface area contributed by atoms with Gasteiger partial charge in [-0.3, -0.25) is 9.59 Å². The fraction of sp³-hybridized carbons (Fsp3) is 0.0588. The summed E-state index contributed by atoms with van der Waals surface area (Å²) in [6.45, 7) is 0. The highest BCUT2D eigenvalue weighted by atomic mass is 19.1. The van der Waals surface area contributed by atoms with Crippen molar-refractivity contribution in [1.82, 2.24) is 0 Å². The Bertz CT molecular complexity index is 949. The van der Waals surface area contributed by atoms with Crippen LogP contribution < -0.4 is 15.8 Å². The van der Waals surface area contributed by atoms with Gasteiger partial charge in [-0.05, 0) is 30.3 Å². The van der Waals surface area contributed by atoms with E-state index in [9.17, 15) is 14.0 Å². The third-order valence-corrected chi connectivity index (χ3v) is 3.45. The molecule has 24 heavy (non-hydrogen) atoms. The number of anilines is 1. The van der Waals surface area contributed by atoms with E-state index in [0.717, 1.165) is 6.07 Å². The average Bonchev–Trinajstić information content (AvgIpc) is 2.92. The molecule has 7 heteroatoms. The van der Waals surface area contributed by atoms with Gasteiger partial charge in [0.05, 0.1) is 7.11 Å². The number of carbonyl (C=O) groups excluding carboxylic acids is 2. The summed E-state index contributed by atoms with van der Waals surface area (Å²) in [5, 5.41) is 3.04. The molecule has 0 unspecified atom stereocenters. The van der Waals surface area contributed by atoms with Crippen molar-refractivity contribution < 1.29 is 23.1 Å². The van der Waals surface area contributed by atoms with Gasteiger partial charge in [0, 0.05) is 17.0 Å². The maximum atomic E-state index is 13.3. The Labute approximate surface area is 136 Å². The molecule has 0 aliphatic carbocycles. The van der Waals surface area contributed by atoms with E-state index >= 15 is 0 Å². The minimum atomic E-state index is -0.834. The summed E-state index contributed by atoms with van der Waals surface area (Å²) in [4.78, 5) is 23.9. The fourth-order valence-electron chi connectivity index (χ4n) is 2.32. The van der Waals surface area contributed by atoms with Crippen molar-refractivity contribution in [2.45, 2.75) is 0 Å². The van der Waals surface area contributed by atoms with Crippen LogP contribution in [0.4, 0.5) is 10.1 Å². The van der Waals surface area contributed by atoms with Gasteiger partial charge in [-0.15, -0.1) is 0 Å². The molecule has 3 N–H and O–H groups in total. The molecule has 1 heterocycles. The number of primary amides is 1. The summed E-state index contributed by atoms with van der Waals surface area (Å²) in [6.07, 6.45) is 0. The van der Waals surface area contributed by atoms with Crippen LogP contribution >= 0.6 is 0 Å². The SMILES string of the molecule is COc1ccc2c(NC(=O)c3cccc(F)c3)c(C(N)=O)oc2c1. The second-order valence-corrected chi connectivity index (χ2v) is 5.00. The predicted octanol–water partition coefficient (Wildman–Crippen LogP) is 2.93. The monoisotopic (exact) mass is 328 g/mol. The molecule has 3 aromatic rings. The number of furan rings is 1. The van der Waals surface area contributed by atoms with Gasteiger partial charge in [0.15, 0.2) is 0 Å². The largest absolute Gasteiger partial charge is 0.497 e. The minimum Gasteiger partial charge on any atom is -0.497 e. The van der Waals surface area contributed by atoms with Crippen LogP contribution in [0.2, 0.25) is 0 Å². The van der Waals surface area contributed by atoms with Crippen molar-refractivity contribution in [2.75, 3.05) is 12.4 Å². The number of methoxy groups -OCH3 is 1. The second kappa shape index (κ2) is 6.04. The Balaban J connectivity index is 2.05. The van der Waals surface area contributed by atoms with Gasteiger partial charge in [0.25, 0.3) is 11.8 Å². The number of ether oxygens (including phenoxy) is 1. The van der Waals surface area contributed by atoms with E-state index in [1.54, 1.807) is 18.2 Å². The van der Waals surface area contributed by atoms with E-state index in [1.807, 2.05) is 0 Å². The number of nitrogens with two attached hydrogens (primary N) is 1. The smallest absolute Gasteiger partial charge is 0.286 e. The molecule has 1 aromatic heterocycles. The van der Waals surface area contributed by atoms with Crippen LogP contribution in [-0.2, 0) is 0 Å². The van der Waals surface area contributed by atoms with Crippen molar-refractivity contribution in [3.8, 4) is 5.75 Å². The number of rotatable bonds is 4. The number of nitrogens with one attached hydrogen (secondary N) is 1. The van der Waals surface area contributed by atoms with Gasteiger partial charge >= 0.3 is 0 Å². The normalized spacial score (nSPS) is 10.6. The summed E-state index contributed by atoms with van der Waals surface area (Å²) in [7, 11) is 1.49. The molecule has 0 saturated heterocycles.